The van der Waals surface area contributed by atoms with Gasteiger partial charge in [0.05, 0.1) is 23.0 Å². The van der Waals surface area contributed by atoms with E-state index in [9.17, 15) is 4.79 Å². The van der Waals surface area contributed by atoms with Gasteiger partial charge in [-0.25, -0.2) is 4.98 Å². The van der Waals surface area contributed by atoms with Crippen molar-refractivity contribution < 1.29 is 9.31 Å². The predicted molar refractivity (Wildman–Crippen MR) is 81.1 cm³/mol. The first-order valence-corrected chi connectivity index (χ1v) is 7.02. The summed E-state index contributed by atoms with van der Waals surface area (Å²) in [5, 5.41) is 3.99. The molecule has 0 unspecified atom stereocenters. The van der Waals surface area contributed by atoms with Gasteiger partial charge in [0, 0.05) is 18.5 Å². The van der Waals surface area contributed by atoms with Crippen LogP contribution in [-0.4, -0.2) is 38.1 Å². The molecular formula is C14H17BN4O3. The molecule has 1 aliphatic rings. The van der Waals surface area contributed by atoms with Gasteiger partial charge >= 0.3 is 7.12 Å². The fraction of sp³-hybridized carbons (Fsp3) is 0.429. The smallest absolute Gasteiger partial charge is 0.398 e. The Morgan fingerprint density at radius 2 is 1.82 bits per heavy atom. The van der Waals surface area contributed by atoms with Gasteiger partial charge in [0.15, 0.2) is 5.82 Å². The van der Waals surface area contributed by atoms with E-state index in [4.69, 9.17) is 9.31 Å². The molecule has 0 amide bonds. The van der Waals surface area contributed by atoms with Crippen LogP contribution in [0.4, 0.5) is 0 Å². The van der Waals surface area contributed by atoms with E-state index in [1.165, 1.54) is 23.1 Å². The molecule has 0 aromatic carbocycles. The van der Waals surface area contributed by atoms with Crippen LogP contribution in [0.25, 0.3) is 5.82 Å². The largest absolute Gasteiger partial charge is 0.516 e. The van der Waals surface area contributed by atoms with Gasteiger partial charge in [0.1, 0.15) is 0 Å². The molecule has 0 spiro atoms. The lowest BCUT2D eigenvalue weighted by atomic mass is 9.85. The third-order valence-corrected chi connectivity index (χ3v) is 4.07. The molecular weight excluding hydrogens is 283 g/mol. The van der Waals surface area contributed by atoms with Gasteiger partial charge in [-0.3, -0.25) is 9.78 Å². The minimum Gasteiger partial charge on any atom is -0.398 e. The fourth-order valence-corrected chi connectivity index (χ4v) is 2.08. The molecule has 114 valence electrons. The molecule has 0 radical (unpaired) electrons. The molecule has 1 fully saturated rings. The molecule has 0 aliphatic carbocycles. The molecule has 7 nitrogen and oxygen atoms in total. The maximum Gasteiger partial charge on any atom is 0.516 e. The Kier molecular flexibility index (Phi) is 3.38. The first-order valence-electron chi connectivity index (χ1n) is 7.02. The molecule has 0 atom stereocenters. The monoisotopic (exact) mass is 300 g/mol. The van der Waals surface area contributed by atoms with Gasteiger partial charge in [-0.2, -0.15) is 9.78 Å². The van der Waals surface area contributed by atoms with Crippen molar-refractivity contribution in [1.29, 1.82) is 0 Å². The number of hydrogen-bond donors (Lipinski definition) is 0. The zero-order valence-corrected chi connectivity index (χ0v) is 13.0. The van der Waals surface area contributed by atoms with Crippen molar-refractivity contribution in [3.8, 4) is 5.82 Å². The Morgan fingerprint density at radius 3 is 2.45 bits per heavy atom. The van der Waals surface area contributed by atoms with Crippen molar-refractivity contribution >= 4 is 12.7 Å². The summed E-state index contributed by atoms with van der Waals surface area (Å²) in [6.07, 6.45) is 4.56. The van der Waals surface area contributed by atoms with Crippen molar-refractivity contribution in [2.75, 3.05) is 0 Å². The number of rotatable bonds is 2. The van der Waals surface area contributed by atoms with Crippen molar-refractivity contribution in [3.63, 3.8) is 0 Å². The Bertz CT molecular complexity index is 744. The van der Waals surface area contributed by atoms with Gasteiger partial charge in [-0.05, 0) is 33.8 Å². The molecule has 3 heterocycles. The highest BCUT2D eigenvalue weighted by Crippen LogP contribution is 2.36. The second kappa shape index (κ2) is 5.00. The van der Waals surface area contributed by atoms with E-state index >= 15 is 0 Å². The van der Waals surface area contributed by atoms with Gasteiger partial charge in [0.2, 0.25) is 0 Å². The quantitative estimate of drug-likeness (QED) is 0.743. The van der Waals surface area contributed by atoms with E-state index in [0.717, 1.165) is 0 Å². The van der Waals surface area contributed by atoms with E-state index in [1.807, 2.05) is 27.7 Å². The third-order valence-electron chi connectivity index (χ3n) is 4.07. The highest BCUT2D eigenvalue weighted by atomic mass is 16.7. The number of hydrogen-bond acceptors (Lipinski definition) is 6. The Labute approximate surface area is 128 Å². The lowest BCUT2D eigenvalue weighted by Gasteiger charge is -2.32. The van der Waals surface area contributed by atoms with E-state index < -0.39 is 18.3 Å². The summed E-state index contributed by atoms with van der Waals surface area (Å²) >= 11 is 0. The summed E-state index contributed by atoms with van der Waals surface area (Å²) < 4.78 is 13.1. The number of aromatic nitrogens is 4. The van der Waals surface area contributed by atoms with E-state index in [2.05, 4.69) is 15.1 Å². The summed E-state index contributed by atoms with van der Waals surface area (Å²) in [5.41, 5.74) is -0.689. The molecule has 1 saturated heterocycles. The zero-order chi connectivity index (χ0) is 16.0. The van der Waals surface area contributed by atoms with Crippen molar-refractivity contribution in [2.45, 2.75) is 38.9 Å². The van der Waals surface area contributed by atoms with Crippen LogP contribution in [0.3, 0.4) is 0 Å². The molecule has 2 aromatic rings. The van der Waals surface area contributed by atoms with Crippen molar-refractivity contribution in [1.82, 2.24) is 19.7 Å². The van der Waals surface area contributed by atoms with Crippen LogP contribution in [0.1, 0.15) is 27.7 Å². The highest BCUT2D eigenvalue weighted by Gasteiger charge is 2.52. The maximum absolute atomic E-state index is 11.8. The van der Waals surface area contributed by atoms with Crippen LogP contribution in [0.15, 0.2) is 35.5 Å². The SMILES string of the molecule is CC1(C)OB(c2cncc(-n3ncccc3=O)n2)OC1(C)C. The molecule has 8 heteroatoms. The first kappa shape index (κ1) is 14.9. The normalized spacial score (nSPS) is 19.4. The molecule has 22 heavy (non-hydrogen) atoms. The molecule has 1 aliphatic heterocycles. The van der Waals surface area contributed by atoms with Crippen LogP contribution in [0.5, 0.6) is 0 Å². The standard InChI is InChI=1S/C14H17BN4O3/c1-13(2)14(3,4)22-15(21-13)10-8-16-9-11(18-10)19-12(20)6-5-7-17-19/h5-9H,1-4H3. The first-order chi connectivity index (χ1) is 10.3. The van der Waals surface area contributed by atoms with Crippen LogP contribution < -0.4 is 11.2 Å². The third kappa shape index (κ3) is 2.44. The minimum atomic E-state index is -0.628. The van der Waals surface area contributed by atoms with E-state index in [1.54, 1.807) is 12.3 Å². The molecule has 0 bridgehead atoms. The second-order valence-corrected chi connectivity index (χ2v) is 6.16. The average molecular weight is 300 g/mol. The van der Waals surface area contributed by atoms with Gasteiger partial charge in [-0.15, -0.1) is 0 Å². The maximum atomic E-state index is 11.8. The van der Waals surface area contributed by atoms with Crippen molar-refractivity contribution in [2.24, 2.45) is 0 Å². The van der Waals surface area contributed by atoms with Crippen LogP contribution in [0, 0.1) is 0 Å². The van der Waals surface area contributed by atoms with Crippen molar-refractivity contribution in [3.05, 3.63) is 41.1 Å². The van der Waals surface area contributed by atoms with Crippen LogP contribution in [0.2, 0.25) is 0 Å². The minimum absolute atomic E-state index is 0.275. The highest BCUT2D eigenvalue weighted by molar-refractivity contribution is 6.61. The summed E-state index contributed by atoms with van der Waals surface area (Å²) in [5.74, 6) is 0.331. The fourth-order valence-electron chi connectivity index (χ4n) is 2.08. The summed E-state index contributed by atoms with van der Waals surface area (Å²) in [6, 6.07) is 2.99. The summed E-state index contributed by atoms with van der Waals surface area (Å²) in [7, 11) is -0.628. The predicted octanol–water partition coefficient (Wildman–Crippen LogP) is 0.322. The molecule has 2 aromatic heterocycles. The van der Waals surface area contributed by atoms with E-state index in [0.29, 0.717) is 11.4 Å². The molecule has 0 N–H and O–H groups in total. The lowest BCUT2D eigenvalue weighted by molar-refractivity contribution is 0.00578. The summed E-state index contributed by atoms with van der Waals surface area (Å²) in [4.78, 5) is 20.4. The summed E-state index contributed by atoms with van der Waals surface area (Å²) in [6.45, 7) is 7.86. The molecule has 0 saturated carbocycles. The van der Waals surface area contributed by atoms with Crippen LogP contribution >= 0.6 is 0 Å². The Balaban J connectivity index is 1.97. The van der Waals surface area contributed by atoms with Crippen LogP contribution in [-0.2, 0) is 9.31 Å². The Morgan fingerprint density at radius 1 is 1.14 bits per heavy atom. The van der Waals surface area contributed by atoms with E-state index in [-0.39, 0.29) is 5.56 Å². The van der Waals surface area contributed by atoms with Gasteiger partial charge in [0.25, 0.3) is 5.56 Å². The Hall–Kier alpha value is -2.06. The van der Waals surface area contributed by atoms with Gasteiger partial charge in [-0.1, -0.05) is 0 Å². The zero-order valence-electron chi connectivity index (χ0n) is 13.0. The average Bonchev–Trinajstić information content (AvgIpc) is 2.68. The molecule has 3 rings (SSSR count). The topological polar surface area (TPSA) is 79.1 Å². The number of nitrogens with zero attached hydrogens (tertiary/aromatic N) is 4. The van der Waals surface area contributed by atoms with Gasteiger partial charge < -0.3 is 9.31 Å². The lowest BCUT2D eigenvalue weighted by Crippen LogP contribution is -2.41. The second-order valence-electron chi connectivity index (χ2n) is 6.16.